The Kier molecular flexibility index (Phi) is 8.81. The lowest BCUT2D eigenvalue weighted by molar-refractivity contribution is -0.134. The number of unbranched alkanes of at least 4 members (excludes halogenated alkanes) is 2. The molecule has 0 saturated heterocycles. The zero-order valence-corrected chi connectivity index (χ0v) is 20.9. The van der Waals surface area contributed by atoms with Crippen molar-refractivity contribution in [3.63, 3.8) is 0 Å². The minimum atomic E-state index is -0.357. The molecule has 1 N–H and O–H groups in total. The molecule has 1 aromatic heterocycles. The fourth-order valence-electron chi connectivity index (χ4n) is 4.08. The highest BCUT2D eigenvalue weighted by Crippen LogP contribution is 2.25. The average Bonchev–Trinajstić information content (AvgIpc) is 3.33. The number of anilines is 1. The molecule has 7 heteroatoms. The van der Waals surface area contributed by atoms with E-state index in [1.54, 1.807) is 27.8 Å². The third-order valence-corrected chi connectivity index (χ3v) is 6.03. The molecule has 4 aromatic rings. The first kappa shape index (κ1) is 25.8. The molecule has 0 radical (unpaired) electrons. The lowest BCUT2D eigenvalue weighted by atomic mass is 10.1. The minimum absolute atomic E-state index is 0.0648. The molecule has 0 aliphatic heterocycles. The highest BCUT2D eigenvalue weighted by atomic mass is 19.1. The van der Waals surface area contributed by atoms with Crippen LogP contribution in [0.4, 0.5) is 10.2 Å². The molecule has 2 amide bonds. The van der Waals surface area contributed by atoms with Gasteiger partial charge >= 0.3 is 0 Å². The van der Waals surface area contributed by atoms with E-state index in [0.717, 1.165) is 30.4 Å². The van der Waals surface area contributed by atoms with Crippen LogP contribution in [0.3, 0.4) is 0 Å². The second-order valence-corrected chi connectivity index (χ2v) is 8.90. The predicted molar refractivity (Wildman–Crippen MR) is 144 cm³/mol. The zero-order chi connectivity index (χ0) is 26.0. The normalized spacial score (nSPS) is 10.8. The van der Waals surface area contributed by atoms with Crippen molar-refractivity contribution in [2.75, 3.05) is 18.4 Å². The molecule has 3 aromatic carbocycles. The summed E-state index contributed by atoms with van der Waals surface area (Å²) in [5.74, 6) is -0.320. The third-order valence-electron chi connectivity index (χ3n) is 6.03. The molecular weight excluding hydrogens is 467 g/mol. The molecule has 37 heavy (non-hydrogen) atoms. The van der Waals surface area contributed by atoms with Crippen LogP contribution in [0.1, 0.15) is 31.7 Å². The van der Waals surface area contributed by atoms with Gasteiger partial charge in [0.15, 0.2) is 0 Å². The SMILES string of the molecule is CCCCCN(CC(=O)Nc1cc(-c2ccccc2)nn1-c1ccc(F)cc1)C(=O)Cc1ccccc1. The van der Waals surface area contributed by atoms with Gasteiger partial charge in [-0.05, 0) is 36.2 Å². The molecule has 0 aliphatic rings. The van der Waals surface area contributed by atoms with Crippen LogP contribution in [0.25, 0.3) is 16.9 Å². The van der Waals surface area contributed by atoms with Gasteiger partial charge in [-0.15, -0.1) is 0 Å². The standard InChI is InChI=1S/C30H31FN4O2/c1-2-3-10-19-34(30(37)20-23-11-6-4-7-12-23)22-29(36)32-28-21-27(24-13-8-5-9-14-24)33-35(28)26-17-15-25(31)16-18-26/h4-9,11-18,21H,2-3,10,19-20,22H2,1H3,(H,32,36). The molecule has 190 valence electrons. The molecule has 0 spiro atoms. The van der Waals surface area contributed by atoms with Crippen LogP contribution in [0.15, 0.2) is 91.0 Å². The molecule has 1 heterocycles. The summed E-state index contributed by atoms with van der Waals surface area (Å²) in [5, 5.41) is 7.59. The molecule has 4 rings (SSSR count). The first-order valence-electron chi connectivity index (χ1n) is 12.6. The first-order chi connectivity index (χ1) is 18.0. The highest BCUT2D eigenvalue weighted by Gasteiger charge is 2.20. The number of hydrogen-bond acceptors (Lipinski definition) is 3. The lowest BCUT2D eigenvalue weighted by Crippen LogP contribution is -2.39. The van der Waals surface area contributed by atoms with Crippen LogP contribution in [0, 0.1) is 5.82 Å². The topological polar surface area (TPSA) is 67.2 Å². The Morgan fingerprint density at radius 1 is 0.919 bits per heavy atom. The number of benzene rings is 3. The van der Waals surface area contributed by atoms with Gasteiger partial charge in [0.25, 0.3) is 0 Å². The van der Waals surface area contributed by atoms with E-state index in [4.69, 9.17) is 0 Å². The van der Waals surface area contributed by atoms with Crippen molar-refractivity contribution in [2.24, 2.45) is 0 Å². The molecule has 0 unspecified atom stereocenters. The molecular formula is C30H31FN4O2. The highest BCUT2D eigenvalue weighted by molar-refractivity contribution is 5.95. The number of nitrogens with zero attached hydrogens (tertiary/aromatic N) is 3. The summed E-state index contributed by atoms with van der Waals surface area (Å²) in [6, 6.07) is 26.8. The maximum Gasteiger partial charge on any atom is 0.245 e. The van der Waals surface area contributed by atoms with Gasteiger partial charge in [-0.1, -0.05) is 80.4 Å². The van der Waals surface area contributed by atoms with Crippen molar-refractivity contribution >= 4 is 17.6 Å². The van der Waals surface area contributed by atoms with Gasteiger partial charge in [0.2, 0.25) is 11.8 Å². The minimum Gasteiger partial charge on any atom is -0.333 e. The van der Waals surface area contributed by atoms with Crippen molar-refractivity contribution in [1.82, 2.24) is 14.7 Å². The third kappa shape index (κ3) is 7.13. The number of hydrogen-bond donors (Lipinski definition) is 1. The van der Waals surface area contributed by atoms with Gasteiger partial charge in [-0.2, -0.15) is 5.10 Å². The first-order valence-corrected chi connectivity index (χ1v) is 12.6. The summed E-state index contributed by atoms with van der Waals surface area (Å²) in [7, 11) is 0. The predicted octanol–water partition coefficient (Wildman–Crippen LogP) is 5.88. The summed E-state index contributed by atoms with van der Waals surface area (Å²) in [4.78, 5) is 27.9. The quantitative estimate of drug-likeness (QED) is 0.263. The van der Waals surface area contributed by atoms with Gasteiger partial charge in [0.05, 0.1) is 24.3 Å². The van der Waals surface area contributed by atoms with E-state index in [9.17, 15) is 14.0 Å². The Bertz CT molecular complexity index is 1300. The number of halogens is 1. The molecule has 0 bridgehead atoms. The van der Waals surface area contributed by atoms with Gasteiger partial charge in [-0.25, -0.2) is 9.07 Å². The van der Waals surface area contributed by atoms with Gasteiger partial charge in [-0.3, -0.25) is 9.59 Å². The van der Waals surface area contributed by atoms with Crippen LogP contribution >= 0.6 is 0 Å². The molecule has 0 atom stereocenters. The van der Waals surface area contributed by atoms with E-state index >= 15 is 0 Å². The van der Waals surface area contributed by atoms with Crippen molar-refractivity contribution in [3.8, 4) is 16.9 Å². The summed E-state index contributed by atoms with van der Waals surface area (Å²) in [6.45, 7) is 2.55. The Labute approximate surface area is 216 Å². The Morgan fingerprint density at radius 3 is 2.27 bits per heavy atom. The smallest absolute Gasteiger partial charge is 0.245 e. The maximum absolute atomic E-state index is 13.5. The van der Waals surface area contributed by atoms with Crippen molar-refractivity contribution in [1.29, 1.82) is 0 Å². The van der Waals surface area contributed by atoms with Crippen LogP contribution in [-0.2, 0) is 16.0 Å². The number of amides is 2. The summed E-state index contributed by atoms with van der Waals surface area (Å²) in [6.07, 6.45) is 3.07. The summed E-state index contributed by atoms with van der Waals surface area (Å²) < 4.78 is 15.1. The van der Waals surface area contributed by atoms with E-state index in [2.05, 4.69) is 17.3 Å². The number of nitrogens with one attached hydrogen (secondary N) is 1. The van der Waals surface area contributed by atoms with E-state index in [0.29, 0.717) is 23.7 Å². The molecule has 0 aliphatic carbocycles. The van der Waals surface area contributed by atoms with Gasteiger partial charge < -0.3 is 10.2 Å². The Balaban J connectivity index is 1.55. The fraction of sp³-hybridized carbons (Fsp3) is 0.233. The number of rotatable bonds is 11. The number of carbonyl (C=O) groups excluding carboxylic acids is 2. The zero-order valence-electron chi connectivity index (χ0n) is 20.9. The maximum atomic E-state index is 13.5. The van der Waals surface area contributed by atoms with Crippen LogP contribution < -0.4 is 5.32 Å². The summed E-state index contributed by atoms with van der Waals surface area (Å²) >= 11 is 0. The average molecular weight is 499 g/mol. The second-order valence-electron chi connectivity index (χ2n) is 8.90. The van der Waals surface area contributed by atoms with Gasteiger partial charge in [0, 0.05) is 18.2 Å². The number of aromatic nitrogens is 2. The fourth-order valence-corrected chi connectivity index (χ4v) is 4.08. The van der Waals surface area contributed by atoms with Crippen LogP contribution in [-0.4, -0.2) is 39.6 Å². The Hall–Kier alpha value is -4.26. The molecule has 6 nitrogen and oxygen atoms in total. The van der Waals surface area contributed by atoms with Gasteiger partial charge in [0.1, 0.15) is 11.6 Å². The van der Waals surface area contributed by atoms with Crippen LogP contribution in [0.2, 0.25) is 0 Å². The van der Waals surface area contributed by atoms with E-state index in [1.807, 2.05) is 60.7 Å². The molecule has 0 fully saturated rings. The largest absolute Gasteiger partial charge is 0.333 e. The van der Waals surface area contributed by atoms with Crippen molar-refractivity contribution in [3.05, 3.63) is 102 Å². The van der Waals surface area contributed by atoms with E-state index < -0.39 is 0 Å². The lowest BCUT2D eigenvalue weighted by Gasteiger charge is -2.22. The van der Waals surface area contributed by atoms with Crippen molar-refractivity contribution in [2.45, 2.75) is 32.6 Å². The van der Waals surface area contributed by atoms with Crippen molar-refractivity contribution < 1.29 is 14.0 Å². The van der Waals surface area contributed by atoms with E-state index in [-0.39, 0.29) is 30.6 Å². The summed E-state index contributed by atoms with van der Waals surface area (Å²) in [5.41, 5.74) is 3.08. The second kappa shape index (κ2) is 12.6. The monoisotopic (exact) mass is 498 g/mol. The van der Waals surface area contributed by atoms with E-state index in [1.165, 1.54) is 12.1 Å². The number of carbonyl (C=O) groups is 2. The molecule has 0 saturated carbocycles. The Morgan fingerprint density at radius 2 is 1.59 bits per heavy atom. The van der Waals surface area contributed by atoms with Crippen LogP contribution in [0.5, 0.6) is 0 Å².